The molecule has 4 aromatic rings. The van der Waals surface area contributed by atoms with Crippen molar-refractivity contribution in [3.8, 4) is 0 Å². The molecule has 0 saturated heterocycles. The number of nitrogens with zero attached hydrogens (tertiary/aromatic N) is 1. The summed E-state index contributed by atoms with van der Waals surface area (Å²) in [6.45, 7) is 0. The van der Waals surface area contributed by atoms with E-state index in [0.717, 1.165) is 0 Å². The largest absolute Gasteiger partial charge is 0.506 e. The number of fused-ring (bicyclic) bond motifs is 2. The minimum Gasteiger partial charge on any atom is -0.506 e. The van der Waals surface area contributed by atoms with Gasteiger partial charge in [-0.2, -0.15) is 25.3 Å². The van der Waals surface area contributed by atoms with Gasteiger partial charge in [-0.1, -0.05) is 54.6 Å². The van der Waals surface area contributed by atoms with Gasteiger partial charge in [0.1, 0.15) is 20.4 Å². The highest BCUT2D eigenvalue weighted by Gasteiger charge is 2.28. The summed E-state index contributed by atoms with van der Waals surface area (Å²) in [5.41, 5.74) is 1.41. The minimum atomic E-state index is -5.30. The lowest BCUT2D eigenvalue weighted by Crippen LogP contribution is -2.33. The van der Waals surface area contributed by atoms with Gasteiger partial charge in [0.15, 0.2) is 5.43 Å². The number of nitrogen functional groups attached to an aromatic ring is 1. The lowest BCUT2D eigenvalue weighted by Gasteiger charge is -2.17. The van der Waals surface area contributed by atoms with Crippen LogP contribution in [0.5, 0.6) is 0 Å². The predicted octanol–water partition coefficient (Wildman–Crippen LogP) is 1.77. The maximum absolute atomic E-state index is 14.1. The van der Waals surface area contributed by atoms with E-state index in [1.807, 2.05) is 0 Å². The second-order valence-electron chi connectivity index (χ2n) is 10.2. The van der Waals surface area contributed by atoms with Crippen molar-refractivity contribution >= 4 is 74.9 Å². The first-order valence-corrected chi connectivity index (χ1v) is 17.3. The summed E-state index contributed by atoms with van der Waals surface area (Å²) >= 11 is 0. The van der Waals surface area contributed by atoms with E-state index >= 15 is 0 Å². The van der Waals surface area contributed by atoms with Crippen molar-refractivity contribution < 1.29 is 44.0 Å². The number of benzene rings is 4. The van der Waals surface area contributed by atoms with Crippen molar-refractivity contribution in [2.45, 2.75) is 14.7 Å². The Kier molecular flexibility index (Phi) is 7.19. The number of aliphatic hydroxyl groups is 1. The van der Waals surface area contributed by atoms with Crippen LogP contribution in [0.4, 0.5) is 17.1 Å². The van der Waals surface area contributed by atoms with Gasteiger partial charge >= 0.3 is 0 Å². The van der Waals surface area contributed by atoms with Crippen LogP contribution in [0.1, 0.15) is 5.56 Å². The average Bonchev–Trinajstić information content (AvgIpc) is 2.98. The molecule has 240 valence electrons. The van der Waals surface area contributed by atoms with Gasteiger partial charge in [0, 0.05) is 21.4 Å². The van der Waals surface area contributed by atoms with Crippen LogP contribution in [0, 0.1) is 10.4 Å². The number of nitrogens with one attached hydrogen (secondary N) is 1. The number of anilines is 3. The number of hydrogen-bond donors (Lipinski definition) is 6. The highest BCUT2D eigenvalue weighted by Crippen LogP contribution is 2.36. The van der Waals surface area contributed by atoms with E-state index in [9.17, 15) is 53.6 Å². The van der Waals surface area contributed by atoms with Gasteiger partial charge in [0.25, 0.3) is 35.9 Å². The molecule has 0 aromatic heterocycles. The zero-order chi connectivity index (χ0) is 34.2. The number of aliphatic hydroxyl groups excluding tert-OH is 1. The summed E-state index contributed by atoms with van der Waals surface area (Å²) in [4.78, 5) is 28.3. The standard InChI is InChI=1S/C29H19N3O12S3/c30-16-10-17(20(46(39,40)41)12-19(16)45(36,37)38)31-18-11-21(47(42,43)44)26-24-22(14-8-4-5-9-15(14)28(34)23(18)24)25(29(35)32-26)27(33)13-6-2-1-3-7-13/h1-12,31,33H,30H2,(H,36,37,38)(H,39,40,41)(H,42,43,44). The smallest absolute Gasteiger partial charge is 0.296 e. The molecule has 0 unspecified atom stereocenters. The Balaban J connectivity index is 1.91. The molecule has 47 heavy (non-hydrogen) atoms. The van der Waals surface area contributed by atoms with E-state index in [1.165, 1.54) is 36.4 Å². The topological polar surface area (TPSA) is 268 Å². The van der Waals surface area contributed by atoms with Gasteiger partial charge in [-0.3, -0.25) is 23.2 Å². The summed E-state index contributed by atoms with van der Waals surface area (Å²) in [6, 6.07) is 15.3. The number of hydrogen-bond acceptors (Lipinski definition) is 12. The van der Waals surface area contributed by atoms with Gasteiger partial charge in [-0.05, 0) is 23.6 Å². The lowest BCUT2D eigenvalue weighted by atomic mass is 9.96. The second kappa shape index (κ2) is 10.7. The van der Waals surface area contributed by atoms with Gasteiger partial charge in [0.2, 0.25) is 0 Å². The van der Waals surface area contributed by atoms with E-state index in [1.54, 1.807) is 18.2 Å². The van der Waals surface area contributed by atoms with Crippen molar-refractivity contribution in [1.82, 2.24) is 4.98 Å². The average molecular weight is 698 g/mol. The highest BCUT2D eigenvalue weighted by molar-refractivity contribution is 7.87. The molecule has 1 heterocycles. The molecular weight excluding hydrogens is 679 g/mol. The molecule has 18 heteroatoms. The van der Waals surface area contributed by atoms with Gasteiger partial charge in [0.05, 0.1) is 33.2 Å². The van der Waals surface area contributed by atoms with E-state index in [0.29, 0.717) is 18.2 Å². The first-order valence-electron chi connectivity index (χ1n) is 13.0. The van der Waals surface area contributed by atoms with Crippen molar-refractivity contribution in [2.75, 3.05) is 11.1 Å². The third-order valence-corrected chi connectivity index (χ3v) is 10.0. The minimum absolute atomic E-state index is 0.0343. The van der Waals surface area contributed by atoms with Crippen LogP contribution >= 0.6 is 0 Å². The monoisotopic (exact) mass is 697 g/mol. The van der Waals surface area contributed by atoms with Gasteiger partial charge in [-0.15, -0.1) is 0 Å². The molecule has 2 aliphatic rings. The number of nitrogens with two attached hydrogens (primary N) is 1. The fourth-order valence-corrected chi connectivity index (χ4v) is 7.46. The van der Waals surface area contributed by atoms with Crippen molar-refractivity contribution in [3.63, 3.8) is 0 Å². The first-order chi connectivity index (χ1) is 21.9. The Morgan fingerprint density at radius 2 is 1.26 bits per heavy atom. The number of aromatic nitrogens is 1. The molecule has 0 saturated carbocycles. The highest BCUT2D eigenvalue weighted by atomic mass is 32.2. The van der Waals surface area contributed by atoms with E-state index in [4.69, 9.17) is 5.73 Å². The van der Waals surface area contributed by atoms with Crippen LogP contribution in [0.15, 0.2) is 97.1 Å². The maximum Gasteiger partial charge on any atom is 0.296 e. The Labute approximate surface area is 263 Å². The van der Waals surface area contributed by atoms with Crippen molar-refractivity contribution in [3.05, 3.63) is 115 Å². The Bertz CT molecular complexity index is 2900. The SMILES string of the molecule is Nc1cc(Nc2cc(S(=O)(=O)O)c3nc(=O)c(=C(O)c4ccccc4)c4c5ccccc5c(=O)c2c3=4)c(S(=O)(=O)O)cc1S(=O)(=O)O. The molecular formula is C29H19N3O12S3. The van der Waals surface area contributed by atoms with Crippen LogP contribution in [-0.2, 0) is 30.4 Å². The van der Waals surface area contributed by atoms with Crippen molar-refractivity contribution in [1.29, 1.82) is 0 Å². The quantitative estimate of drug-likeness (QED) is 0.107. The third-order valence-electron chi connectivity index (χ3n) is 7.36. The normalized spacial score (nSPS) is 13.3. The van der Waals surface area contributed by atoms with E-state index in [2.05, 4.69) is 10.3 Å². The fourth-order valence-electron chi connectivity index (χ4n) is 5.44. The molecule has 0 atom stereocenters. The van der Waals surface area contributed by atoms with Crippen LogP contribution in [0.25, 0.3) is 27.4 Å². The Hall–Kier alpha value is -5.24. The molecule has 0 bridgehead atoms. The van der Waals surface area contributed by atoms with Gasteiger partial charge < -0.3 is 16.2 Å². The molecule has 6 rings (SSSR count). The summed E-state index contributed by atoms with van der Waals surface area (Å²) < 4.78 is 103. The summed E-state index contributed by atoms with van der Waals surface area (Å²) in [5, 5.41) is 12.6. The maximum atomic E-state index is 14.1. The molecule has 1 aliphatic heterocycles. The Morgan fingerprint density at radius 3 is 1.85 bits per heavy atom. The van der Waals surface area contributed by atoms with Crippen molar-refractivity contribution in [2.24, 2.45) is 0 Å². The van der Waals surface area contributed by atoms with Crippen LogP contribution in [-0.4, -0.2) is 49.0 Å². The third kappa shape index (κ3) is 5.27. The van der Waals surface area contributed by atoms with Crippen LogP contribution < -0.4 is 27.3 Å². The second-order valence-corrected chi connectivity index (χ2v) is 14.4. The molecule has 0 fully saturated rings. The fraction of sp³-hybridized carbons (Fsp3) is 0. The zero-order valence-corrected chi connectivity index (χ0v) is 25.7. The molecule has 15 nitrogen and oxygen atoms in total. The van der Waals surface area contributed by atoms with E-state index < -0.39 is 95.0 Å². The van der Waals surface area contributed by atoms with Gasteiger partial charge in [-0.25, -0.2) is 4.98 Å². The lowest BCUT2D eigenvalue weighted by molar-refractivity contribution is 0.479. The molecule has 7 N–H and O–H groups in total. The van der Waals surface area contributed by atoms with Crippen LogP contribution in [0.3, 0.4) is 0 Å². The summed E-state index contributed by atoms with van der Waals surface area (Å²) in [5.74, 6) is -0.580. The summed E-state index contributed by atoms with van der Waals surface area (Å²) in [7, 11) is -15.7. The molecule has 1 aliphatic carbocycles. The van der Waals surface area contributed by atoms with Crippen LogP contribution in [0.2, 0.25) is 0 Å². The first kappa shape index (κ1) is 31.7. The number of rotatable bonds is 6. The summed E-state index contributed by atoms with van der Waals surface area (Å²) in [6.07, 6.45) is 0. The zero-order valence-electron chi connectivity index (χ0n) is 23.2. The predicted molar refractivity (Wildman–Crippen MR) is 169 cm³/mol. The Morgan fingerprint density at radius 1 is 0.681 bits per heavy atom. The molecule has 4 aromatic carbocycles. The molecule has 0 amide bonds. The molecule has 0 spiro atoms. The molecule has 0 radical (unpaired) electrons. The van der Waals surface area contributed by atoms with E-state index in [-0.39, 0.29) is 26.8 Å².